The number of aryl methyl sites for hydroxylation is 1. The Kier molecular flexibility index (Phi) is 8.36. The van der Waals surface area contributed by atoms with Gasteiger partial charge in [0.15, 0.2) is 5.96 Å². The molecule has 3 rings (SSSR count). The SMILES string of the molecule is CCc1nsc(N2CCN(C(=NC)NCc3cccc(Cl)c3)CC2)n1.I. The minimum Gasteiger partial charge on any atom is -0.352 e. The number of guanidine groups is 1. The van der Waals surface area contributed by atoms with Gasteiger partial charge in [0.05, 0.1) is 0 Å². The van der Waals surface area contributed by atoms with Crippen LogP contribution in [0.4, 0.5) is 5.13 Å². The first-order valence-electron chi connectivity index (χ1n) is 8.47. The number of hydrogen-bond acceptors (Lipinski definition) is 5. The topological polar surface area (TPSA) is 56.7 Å². The third-order valence-electron chi connectivity index (χ3n) is 4.17. The molecule has 0 amide bonds. The number of aromatic nitrogens is 2. The highest BCUT2D eigenvalue weighted by Crippen LogP contribution is 2.19. The van der Waals surface area contributed by atoms with Crippen LogP contribution in [0.2, 0.25) is 5.02 Å². The maximum atomic E-state index is 6.05. The predicted molar refractivity (Wildman–Crippen MR) is 120 cm³/mol. The van der Waals surface area contributed by atoms with Crippen LogP contribution in [0, 0.1) is 0 Å². The van der Waals surface area contributed by atoms with E-state index in [9.17, 15) is 0 Å². The first-order valence-corrected chi connectivity index (χ1v) is 9.62. The Hall–Kier alpha value is -1.13. The van der Waals surface area contributed by atoms with Crippen LogP contribution >= 0.6 is 47.1 Å². The van der Waals surface area contributed by atoms with E-state index in [2.05, 4.69) is 42.5 Å². The van der Waals surface area contributed by atoms with Gasteiger partial charge in [-0.1, -0.05) is 30.7 Å². The zero-order valence-electron chi connectivity index (χ0n) is 15.0. The first-order chi connectivity index (χ1) is 12.2. The van der Waals surface area contributed by atoms with Crippen molar-refractivity contribution in [2.45, 2.75) is 19.9 Å². The zero-order valence-corrected chi connectivity index (χ0v) is 18.9. The van der Waals surface area contributed by atoms with E-state index in [1.54, 1.807) is 0 Å². The van der Waals surface area contributed by atoms with Crippen molar-refractivity contribution in [1.29, 1.82) is 0 Å². The average molecular weight is 507 g/mol. The molecule has 9 heteroatoms. The highest BCUT2D eigenvalue weighted by Gasteiger charge is 2.21. The monoisotopic (exact) mass is 506 g/mol. The number of rotatable bonds is 4. The van der Waals surface area contributed by atoms with Gasteiger partial charge in [-0.3, -0.25) is 4.99 Å². The summed E-state index contributed by atoms with van der Waals surface area (Å²) in [5, 5.41) is 5.21. The fourth-order valence-electron chi connectivity index (χ4n) is 2.79. The first kappa shape index (κ1) is 21.2. The lowest BCUT2D eigenvalue weighted by atomic mass is 10.2. The van der Waals surface area contributed by atoms with Gasteiger partial charge < -0.3 is 15.1 Å². The number of piperazine rings is 1. The van der Waals surface area contributed by atoms with Crippen molar-refractivity contribution >= 4 is 58.2 Å². The maximum absolute atomic E-state index is 6.05. The van der Waals surface area contributed by atoms with Gasteiger partial charge in [-0.15, -0.1) is 24.0 Å². The Morgan fingerprint density at radius 3 is 2.69 bits per heavy atom. The number of aliphatic imine (C=N–C) groups is 1. The lowest BCUT2D eigenvalue weighted by molar-refractivity contribution is 0.372. The fourth-order valence-corrected chi connectivity index (χ4v) is 3.80. The molecule has 0 atom stereocenters. The molecule has 0 spiro atoms. The van der Waals surface area contributed by atoms with E-state index in [1.807, 2.05) is 25.2 Å². The van der Waals surface area contributed by atoms with E-state index in [0.29, 0.717) is 6.54 Å². The van der Waals surface area contributed by atoms with Crippen molar-refractivity contribution in [2.75, 3.05) is 38.1 Å². The zero-order chi connectivity index (χ0) is 17.6. The molecule has 1 aliphatic heterocycles. The molecule has 0 aliphatic carbocycles. The van der Waals surface area contributed by atoms with Gasteiger partial charge in [0, 0.05) is 62.7 Å². The highest BCUT2D eigenvalue weighted by atomic mass is 127. The van der Waals surface area contributed by atoms with Crippen LogP contribution in [0.15, 0.2) is 29.3 Å². The largest absolute Gasteiger partial charge is 0.352 e. The molecule has 142 valence electrons. The van der Waals surface area contributed by atoms with Gasteiger partial charge in [-0.05, 0) is 17.7 Å². The number of hydrogen-bond donors (Lipinski definition) is 1. The standard InChI is InChI=1S/C17H23ClN6S.HI/c1-3-15-21-17(25-22-15)24-9-7-23(8-10-24)16(19-2)20-12-13-5-4-6-14(18)11-13;/h4-6,11H,3,7-10,12H2,1-2H3,(H,19,20);1H. The summed E-state index contributed by atoms with van der Waals surface area (Å²) in [5.74, 6) is 1.85. The third kappa shape index (κ3) is 5.43. The van der Waals surface area contributed by atoms with Crippen LogP contribution in [0.3, 0.4) is 0 Å². The lowest BCUT2D eigenvalue weighted by Crippen LogP contribution is -2.52. The third-order valence-corrected chi connectivity index (χ3v) is 5.22. The van der Waals surface area contributed by atoms with Gasteiger partial charge in [0.1, 0.15) is 5.82 Å². The van der Waals surface area contributed by atoms with Crippen molar-refractivity contribution in [3.05, 3.63) is 40.7 Å². The number of anilines is 1. The van der Waals surface area contributed by atoms with Gasteiger partial charge in [-0.25, -0.2) is 4.98 Å². The molecular formula is C17H24ClIN6S. The minimum atomic E-state index is 0. The number of nitrogens with one attached hydrogen (secondary N) is 1. The molecule has 2 heterocycles. The molecule has 1 aliphatic rings. The van der Waals surface area contributed by atoms with Crippen molar-refractivity contribution in [2.24, 2.45) is 4.99 Å². The number of nitrogens with zero attached hydrogens (tertiary/aromatic N) is 5. The Bertz CT molecular complexity index is 730. The summed E-state index contributed by atoms with van der Waals surface area (Å²) in [7, 11) is 1.82. The number of halogens is 2. The molecule has 1 saturated heterocycles. The summed E-state index contributed by atoms with van der Waals surface area (Å²) in [6, 6.07) is 7.88. The summed E-state index contributed by atoms with van der Waals surface area (Å²) in [6.07, 6.45) is 0.885. The van der Waals surface area contributed by atoms with Crippen LogP contribution in [0.1, 0.15) is 18.3 Å². The van der Waals surface area contributed by atoms with Crippen LogP contribution in [-0.4, -0.2) is 53.4 Å². The van der Waals surface area contributed by atoms with E-state index in [1.165, 1.54) is 11.5 Å². The molecule has 0 radical (unpaired) electrons. The van der Waals surface area contributed by atoms with E-state index in [4.69, 9.17) is 11.6 Å². The van der Waals surface area contributed by atoms with Crippen LogP contribution in [0.25, 0.3) is 0 Å². The molecule has 1 aromatic carbocycles. The van der Waals surface area contributed by atoms with Gasteiger partial charge >= 0.3 is 0 Å². The van der Waals surface area contributed by atoms with E-state index >= 15 is 0 Å². The predicted octanol–water partition coefficient (Wildman–Crippen LogP) is 3.27. The van der Waals surface area contributed by atoms with Gasteiger partial charge in [0.2, 0.25) is 5.13 Å². The molecule has 0 unspecified atom stereocenters. The Morgan fingerprint density at radius 1 is 1.31 bits per heavy atom. The molecule has 1 fully saturated rings. The summed E-state index contributed by atoms with van der Waals surface area (Å²) in [6.45, 7) is 6.47. The van der Waals surface area contributed by atoms with Crippen molar-refractivity contribution in [3.8, 4) is 0 Å². The molecule has 26 heavy (non-hydrogen) atoms. The Labute approximate surface area is 180 Å². The maximum Gasteiger partial charge on any atom is 0.205 e. The van der Waals surface area contributed by atoms with Crippen molar-refractivity contribution < 1.29 is 0 Å². The molecule has 1 N–H and O–H groups in total. The summed E-state index contributed by atoms with van der Waals surface area (Å²) < 4.78 is 4.38. The fraction of sp³-hybridized carbons (Fsp3) is 0.471. The van der Waals surface area contributed by atoms with E-state index in [0.717, 1.165) is 60.1 Å². The molecule has 6 nitrogen and oxygen atoms in total. The van der Waals surface area contributed by atoms with Gasteiger partial charge in [0.25, 0.3) is 0 Å². The van der Waals surface area contributed by atoms with Crippen LogP contribution in [0.5, 0.6) is 0 Å². The van der Waals surface area contributed by atoms with Crippen LogP contribution < -0.4 is 10.2 Å². The highest BCUT2D eigenvalue weighted by molar-refractivity contribution is 14.0. The smallest absolute Gasteiger partial charge is 0.205 e. The lowest BCUT2D eigenvalue weighted by Gasteiger charge is -2.36. The molecule has 0 saturated carbocycles. The van der Waals surface area contributed by atoms with E-state index in [-0.39, 0.29) is 24.0 Å². The molecule has 1 aromatic heterocycles. The van der Waals surface area contributed by atoms with Crippen molar-refractivity contribution in [3.63, 3.8) is 0 Å². The molecular weight excluding hydrogens is 483 g/mol. The second-order valence-corrected chi connectivity index (χ2v) is 7.02. The minimum absolute atomic E-state index is 0. The van der Waals surface area contributed by atoms with E-state index < -0.39 is 0 Å². The summed E-state index contributed by atoms with van der Waals surface area (Å²) in [5.41, 5.74) is 1.15. The average Bonchev–Trinajstić information content (AvgIpc) is 3.12. The van der Waals surface area contributed by atoms with Gasteiger partial charge in [-0.2, -0.15) is 4.37 Å². The van der Waals surface area contributed by atoms with Crippen LogP contribution in [-0.2, 0) is 13.0 Å². The molecule has 2 aromatic rings. The second kappa shape index (κ2) is 10.3. The quantitative estimate of drug-likeness (QED) is 0.392. The summed E-state index contributed by atoms with van der Waals surface area (Å²) >= 11 is 7.54. The number of benzene rings is 1. The molecule has 0 bridgehead atoms. The normalized spacial score (nSPS) is 15.0. The Balaban J connectivity index is 0.00000243. The Morgan fingerprint density at radius 2 is 2.08 bits per heavy atom. The summed E-state index contributed by atoms with van der Waals surface area (Å²) in [4.78, 5) is 13.6. The van der Waals surface area contributed by atoms with Crippen molar-refractivity contribution in [1.82, 2.24) is 19.6 Å². The second-order valence-electron chi connectivity index (χ2n) is 5.85.